The average molecular weight is 254 g/mol. The topological polar surface area (TPSA) is 55.2 Å². The van der Waals surface area contributed by atoms with Crippen molar-refractivity contribution in [2.45, 2.75) is 19.9 Å². The molecule has 1 rings (SSSR count). The van der Waals surface area contributed by atoms with E-state index in [2.05, 4.69) is 11.2 Å². The molecule has 18 heavy (non-hydrogen) atoms. The van der Waals surface area contributed by atoms with E-state index in [9.17, 15) is 18.9 Å². The summed E-state index contributed by atoms with van der Waals surface area (Å²) in [5.41, 5.74) is -1.06. The number of halogens is 2. The smallest absolute Gasteiger partial charge is 0.295 e. The molecule has 0 radical (unpaired) electrons. The Hall–Kier alpha value is -2.16. The number of rotatable bonds is 4. The Morgan fingerprint density at radius 1 is 1.44 bits per heavy atom. The summed E-state index contributed by atoms with van der Waals surface area (Å²) in [4.78, 5) is 9.96. The molecule has 1 atom stereocenters. The summed E-state index contributed by atoms with van der Waals surface area (Å²) in [6.45, 7) is 3.53. The van der Waals surface area contributed by atoms with E-state index in [0.29, 0.717) is 6.07 Å². The van der Waals surface area contributed by atoms with Gasteiger partial charge in [-0.1, -0.05) is 19.8 Å². The second-order valence-electron chi connectivity index (χ2n) is 4.05. The predicted octanol–water partition coefficient (Wildman–Crippen LogP) is 2.94. The lowest BCUT2D eigenvalue weighted by Crippen LogP contribution is -2.24. The number of benzene rings is 1. The van der Waals surface area contributed by atoms with Crippen LogP contribution < -0.4 is 5.32 Å². The third-order valence-corrected chi connectivity index (χ3v) is 2.42. The van der Waals surface area contributed by atoms with Crippen molar-refractivity contribution >= 4 is 11.4 Å². The Kier molecular flexibility index (Phi) is 4.21. The van der Waals surface area contributed by atoms with E-state index in [-0.39, 0.29) is 5.92 Å². The molecule has 1 aromatic rings. The SMILES string of the molecule is C#CC(Nc1c([N+](=O)[O-])ccc(F)c1F)C(C)C. The summed E-state index contributed by atoms with van der Waals surface area (Å²) in [6.07, 6.45) is 5.24. The summed E-state index contributed by atoms with van der Waals surface area (Å²) in [7, 11) is 0. The van der Waals surface area contributed by atoms with Crippen molar-refractivity contribution in [3.05, 3.63) is 33.9 Å². The van der Waals surface area contributed by atoms with Crippen LogP contribution in [0, 0.1) is 40.0 Å². The zero-order valence-corrected chi connectivity index (χ0v) is 9.91. The van der Waals surface area contributed by atoms with Gasteiger partial charge in [0, 0.05) is 6.07 Å². The van der Waals surface area contributed by atoms with E-state index in [1.807, 2.05) is 0 Å². The van der Waals surface area contributed by atoms with Crippen LogP contribution in [0.15, 0.2) is 12.1 Å². The Balaban J connectivity index is 3.25. The molecule has 6 heteroatoms. The van der Waals surface area contributed by atoms with Gasteiger partial charge in [-0.15, -0.1) is 6.42 Å². The molecule has 1 unspecified atom stereocenters. The minimum Gasteiger partial charge on any atom is -0.363 e. The van der Waals surface area contributed by atoms with Crippen molar-refractivity contribution in [2.24, 2.45) is 5.92 Å². The maximum Gasteiger partial charge on any atom is 0.295 e. The number of nitro groups is 1. The summed E-state index contributed by atoms with van der Waals surface area (Å²) >= 11 is 0. The number of nitro benzene ring substituents is 1. The third kappa shape index (κ3) is 2.74. The molecule has 0 fully saturated rings. The molecular weight excluding hydrogens is 242 g/mol. The maximum absolute atomic E-state index is 13.6. The van der Waals surface area contributed by atoms with Gasteiger partial charge >= 0.3 is 0 Å². The molecule has 96 valence electrons. The van der Waals surface area contributed by atoms with Gasteiger partial charge < -0.3 is 5.32 Å². The average Bonchev–Trinajstić information content (AvgIpc) is 2.30. The van der Waals surface area contributed by atoms with Crippen molar-refractivity contribution in [1.82, 2.24) is 0 Å². The number of hydrogen-bond donors (Lipinski definition) is 1. The Morgan fingerprint density at radius 2 is 2.06 bits per heavy atom. The first-order chi connectivity index (χ1) is 8.38. The van der Waals surface area contributed by atoms with Crippen LogP contribution in [0.3, 0.4) is 0 Å². The van der Waals surface area contributed by atoms with Crippen LogP contribution in [0.2, 0.25) is 0 Å². The molecule has 1 N–H and O–H groups in total. The van der Waals surface area contributed by atoms with E-state index in [1.54, 1.807) is 13.8 Å². The minimum absolute atomic E-state index is 0.0859. The third-order valence-electron chi connectivity index (χ3n) is 2.42. The number of terminal acetylenes is 1. The summed E-state index contributed by atoms with van der Waals surface area (Å²) in [6, 6.07) is 0.980. The van der Waals surface area contributed by atoms with Crippen molar-refractivity contribution in [2.75, 3.05) is 5.32 Å². The molecule has 0 amide bonds. The fraction of sp³-hybridized carbons (Fsp3) is 0.333. The number of anilines is 1. The quantitative estimate of drug-likeness (QED) is 0.510. The van der Waals surface area contributed by atoms with Gasteiger partial charge in [0.25, 0.3) is 5.69 Å². The fourth-order valence-corrected chi connectivity index (χ4v) is 1.39. The minimum atomic E-state index is -1.30. The number of hydrogen-bond acceptors (Lipinski definition) is 3. The van der Waals surface area contributed by atoms with Crippen LogP contribution >= 0.6 is 0 Å². The monoisotopic (exact) mass is 254 g/mol. The van der Waals surface area contributed by atoms with Crippen LogP contribution in [-0.2, 0) is 0 Å². The highest BCUT2D eigenvalue weighted by molar-refractivity contribution is 5.63. The lowest BCUT2D eigenvalue weighted by Gasteiger charge is -2.18. The van der Waals surface area contributed by atoms with Gasteiger partial charge in [0.15, 0.2) is 17.3 Å². The van der Waals surface area contributed by atoms with Gasteiger partial charge in [-0.2, -0.15) is 0 Å². The van der Waals surface area contributed by atoms with Gasteiger partial charge in [-0.3, -0.25) is 10.1 Å². The molecule has 4 nitrogen and oxygen atoms in total. The van der Waals surface area contributed by atoms with Gasteiger partial charge in [0.05, 0.1) is 11.0 Å². The van der Waals surface area contributed by atoms with Crippen molar-refractivity contribution < 1.29 is 13.7 Å². The molecular formula is C12H12F2N2O2. The first-order valence-electron chi connectivity index (χ1n) is 5.23. The first-order valence-corrected chi connectivity index (χ1v) is 5.23. The molecule has 0 heterocycles. The van der Waals surface area contributed by atoms with Crippen LogP contribution in [0.1, 0.15) is 13.8 Å². The largest absolute Gasteiger partial charge is 0.363 e. The highest BCUT2D eigenvalue weighted by atomic mass is 19.2. The summed E-state index contributed by atoms with van der Waals surface area (Å²) in [5, 5.41) is 13.2. The van der Waals surface area contributed by atoms with Crippen LogP contribution in [0.25, 0.3) is 0 Å². The molecule has 0 aliphatic rings. The standard InChI is InChI=1S/C12H12F2N2O2/c1-4-9(7(2)3)15-12-10(16(17)18)6-5-8(13)11(12)14/h1,5-7,9,15H,2-3H3. The van der Waals surface area contributed by atoms with E-state index >= 15 is 0 Å². The molecule has 1 aromatic carbocycles. The van der Waals surface area contributed by atoms with Gasteiger partial charge in [0.2, 0.25) is 0 Å². The highest BCUT2D eigenvalue weighted by Gasteiger charge is 2.24. The summed E-state index contributed by atoms with van der Waals surface area (Å²) < 4.78 is 26.7. The van der Waals surface area contributed by atoms with Crippen LogP contribution in [0.4, 0.5) is 20.2 Å². The molecule has 0 saturated heterocycles. The second-order valence-corrected chi connectivity index (χ2v) is 4.05. The fourth-order valence-electron chi connectivity index (χ4n) is 1.39. The zero-order valence-electron chi connectivity index (χ0n) is 9.91. The molecule has 0 aliphatic carbocycles. The lowest BCUT2D eigenvalue weighted by atomic mass is 10.0. The first kappa shape index (κ1) is 13.9. The molecule has 0 bridgehead atoms. The number of nitrogens with one attached hydrogen (secondary N) is 1. The van der Waals surface area contributed by atoms with E-state index in [4.69, 9.17) is 6.42 Å². The molecule has 0 saturated carbocycles. The van der Waals surface area contributed by atoms with Crippen LogP contribution in [0.5, 0.6) is 0 Å². The predicted molar refractivity (Wildman–Crippen MR) is 64.1 cm³/mol. The van der Waals surface area contributed by atoms with Gasteiger partial charge in [0.1, 0.15) is 0 Å². The Bertz CT molecular complexity index is 510. The maximum atomic E-state index is 13.6. The molecule has 0 spiro atoms. The van der Waals surface area contributed by atoms with E-state index in [1.165, 1.54) is 0 Å². The lowest BCUT2D eigenvalue weighted by molar-refractivity contribution is -0.384. The van der Waals surface area contributed by atoms with Gasteiger partial charge in [-0.05, 0) is 12.0 Å². The molecule has 0 aliphatic heterocycles. The van der Waals surface area contributed by atoms with E-state index < -0.39 is 34.0 Å². The van der Waals surface area contributed by atoms with Crippen molar-refractivity contribution in [3.8, 4) is 12.3 Å². The van der Waals surface area contributed by atoms with Gasteiger partial charge in [-0.25, -0.2) is 8.78 Å². The Labute approximate surface area is 103 Å². The Morgan fingerprint density at radius 3 is 2.50 bits per heavy atom. The number of nitrogens with zero attached hydrogens (tertiary/aromatic N) is 1. The zero-order chi connectivity index (χ0) is 13.9. The van der Waals surface area contributed by atoms with Crippen LogP contribution in [-0.4, -0.2) is 11.0 Å². The van der Waals surface area contributed by atoms with E-state index in [0.717, 1.165) is 6.07 Å². The normalized spacial score (nSPS) is 12.0. The van der Waals surface area contributed by atoms with Crippen molar-refractivity contribution in [3.63, 3.8) is 0 Å². The second kappa shape index (κ2) is 5.45. The van der Waals surface area contributed by atoms with Crippen molar-refractivity contribution in [1.29, 1.82) is 0 Å². The summed E-state index contributed by atoms with van der Waals surface area (Å²) in [5.74, 6) is -0.211. The highest BCUT2D eigenvalue weighted by Crippen LogP contribution is 2.30. The molecule has 0 aromatic heterocycles.